The lowest BCUT2D eigenvalue weighted by Gasteiger charge is -2.26. The Labute approximate surface area is 122 Å². The van der Waals surface area contributed by atoms with Crippen LogP contribution in [0.1, 0.15) is 59.6 Å². The molecule has 1 aromatic carbocycles. The number of ether oxygens (including phenoxy) is 1. The number of benzene rings is 1. The smallest absolute Gasteiger partial charge is 0.344 e. The molecule has 0 aromatic heterocycles. The molecule has 20 heavy (non-hydrogen) atoms. The van der Waals surface area contributed by atoms with Gasteiger partial charge in [0.1, 0.15) is 5.75 Å². The Morgan fingerprint density at radius 3 is 1.70 bits per heavy atom. The monoisotopic (exact) mass is 278 g/mol. The van der Waals surface area contributed by atoms with E-state index in [2.05, 4.69) is 47.6 Å². The van der Waals surface area contributed by atoms with E-state index in [0.717, 1.165) is 11.1 Å². The van der Waals surface area contributed by atoms with Gasteiger partial charge in [-0.3, -0.25) is 0 Å². The lowest BCUT2D eigenvalue weighted by molar-refractivity contribution is -0.144. The van der Waals surface area contributed by atoms with E-state index in [0.29, 0.717) is 5.75 Å². The molecule has 3 nitrogen and oxygen atoms in total. The summed E-state index contributed by atoms with van der Waals surface area (Å²) in [6.45, 7) is 14.4. The number of hydrogen-bond acceptors (Lipinski definition) is 2. The molecule has 3 heteroatoms. The number of carbonyl (C=O) groups is 1. The standard InChI is InChI=1S/C17H26O3/c1-11(15(18)19)20-14-9-12(16(2,3)4)8-13(10-14)17(5,6)7/h8-11H,1-7H3,(H,18,19)/t11-/m0/s1. The molecule has 1 atom stereocenters. The Bertz CT molecular complexity index is 458. The highest BCUT2D eigenvalue weighted by molar-refractivity contribution is 5.72. The molecule has 0 saturated heterocycles. The average Bonchev–Trinajstić information content (AvgIpc) is 2.26. The molecule has 0 unspecified atom stereocenters. The second-order valence-electron chi connectivity index (χ2n) is 7.34. The van der Waals surface area contributed by atoms with E-state index < -0.39 is 12.1 Å². The van der Waals surface area contributed by atoms with Gasteiger partial charge in [0, 0.05) is 0 Å². The summed E-state index contributed by atoms with van der Waals surface area (Å²) < 4.78 is 5.55. The normalized spacial score (nSPS) is 13.9. The fourth-order valence-corrected chi connectivity index (χ4v) is 1.79. The molecule has 0 radical (unpaired) electrons. The minimum Gasteiger partial charge on any atom is -0.479 e. The molecule has 0 aliphatic carbocycles. The topological polar surface area (TPSA) is 46.5 Å². The first-order valence-electron chi connectivity index (χ1n) is 6.97. The maximum absolute atomic E-state index is 10.9. The number of hydrogen-bond donors (Lipinski definition) is 1. The summed E-state index contributed by atoms with van der Waals surface area (Å²) in [6.07, 6.45) is -0.849. The van der Waals surface area contributed by atoms with Gasteiger partial charge in [0.25, 0.3) is 0 Å². The Morgan fingerprint density at radius 1 is 1.00 bits per heavy atom. The highest BCUT2D eigenvalue weighted by Crippen LogP contribution is 2.33. The van der Waals surface area contributed by atoms with Crippen LogP contribution in [0.2, 0.25) is 0 Å². The average molecular weight is 278 g/mol. The Morgan fingerprint density at radius 2 is 1.40 bits per heavy atom. The fourth-order valence-electron chi connectivity index (χ4n) is 1.79. The SMILES string of the molecule is C[C@H](Oc1cc(C(C)(C)C)cc(C(C)(C)C)c1)C(=O)O. The zero-order valence-corrected chi connectivity index (χ0v) is 13.6. The van der Waals surface area contributed by atoms with E-state index in [4.69, 9.17) is 9.84 Å². The number of carboxylic acid groups (broad SMARTS) is 1. The third kappa shape index (κ3) is 4.26. The predicted octanol–water partition coefficient (Wildman–Crippen LogP) is 4.13. The third-order valence-corrected chi connectivity index (χ3v) is 3.30. The number of rotatable bonds is 3. The summed E-state index contributed by atoms with van der Waals surface area (Å²) in [5, 5.41) is 8.98. The summed E-state index contributed by atoms with van der Waals surface area (Å²) in [4.78, 5) is 10.9. The lowest BCUT2D eigenvalue weighted by atomic mass is 9.80. The fraction of sp³-hybridized carbons (Fsp3) is 0.588. The molecule has 1 rings (SSSR count). The quantitative estimate of drug-likeness (QED) is 0.904. The molecule has 0 heterocycles. The van der Waals surface area contributed by atoms with Crippen LogP contribution in [0.5, 0.6) is 5.75 Å². The molecule has 0 saturated carbocycles. The van der Waals surface area contributed by atoms with Crippen LogP contribution in [0, 0.1) is 0 Å². The van der Waals surface area contributed by atoms with Crippen molar-refractivity contribution in [2.45, 2.75) is 65.4 Å². The summed E-state index contributed by atoms with van der Waals surface area (Å²) in [5.74, 6) is -0.333. The van der Waals surface area contributed by atoms with Crippen molar-refractivity contribution in [1.29, 1.82) is 0 Å². The molecular weight excluding hydrogens is 252 g/mol. The van der Waals surface area contributed by atoms with Gasteiger partial charge in [-0.05, 0) is 41.0 Å². The van der Waals surface area contributed by atoms with Crippen molar-refractivity contribution in [3.8, 4) is 5.75 Å². The molecule has 112 valence electrons. The van der Waals surface area contributed by atoms with Crippen LogP contribution in [-0.4, -0.2) is 17.2 Å². The largest absolute Gasteiger partial charge is 0.479 e. The maximum atomic E-state index is 10.9. The van der Waals surface area contributed by atoms with E-state index in [-0.39, 0.29) is 10.8 Å². The zero-order chi connectivity index (χ0) is 15.7. The molecule has 0 bridgehead atoms. The van der Waals surface area contributed by atoms with Crippen LogP contribution in [0.3, 0.4) is 0 Å². The molecule has 0 spiro atoms. The molecule has 1 aromatic rings. The molecule has 0 aliphatic rings. The van der Waals surface area contributed by atoms with Crippen LogP contribution in [0.25, 0.3) is 0 Å². The number of aliphatic carboxylic acids is 1. The van der Waals surface area contributed by atoms with E-state index in [1.54, 1.807) is 6.92 Å². The first kappa shape index (κ1) is 16.5. The predicted molar refractivity (Wildman–Crippen MR) is 81.6 cm³/mol. The van der Waals surface area contributed by atoms with Crippen LogP contribution in [0.4, 0.5) is 0 Å². The van der Waals surface area contributed by atoms with E-state index in [9.17, 15) is 4.79 Å². The van der Waals surface area contributed by atoms with Gasteiger partial charge in [-0.25, -0.2) is 4.79 Å². The second kappa shape index (κ2) is 5.47. The van der Waals surface area contributed by atoms with Gasteiger partial charge in [-0.15, -0.1) is 0 Å². The highest BCUT2D eigenvalue weighted by atomic mass is 16.5. The van der Waals surface area contributed by atoms with Gasteiger partial charge in [-0.2, -0.15) is 0 Å². The molecule has 1 N–H and O–H groups in total. The highest BCUT2D eigenvalue weighted by Gasteiger charge is 2.22. The van der Waals surface area contributed by atoms with Crippen molar-refractivity contribution in [2.75, 3.05) is 0 Å². The van der Waals surface area contributed by atoms with Crippen molar-refractivity contribution >= 4 is 5.97 Å². The Kier molecular flexibility index (Phi) is 4.52. The maximum Gasteiger partial charge on any atom is 0.344 e. The van der Waals surface area contributed by atoms with Crippen molar-refractivity contribution < 1.29 is 14.6 Å². The van der Waals surface area contributed by atoms with Gasteiger partial charge in [-0.1, -0.05) is 47.6 Å². The molecular formula is C17H26O3. The van der Waals surface area contributed by atoms with Crippen LogP contribution < -0.4 is 4.74 Å². The number of carboxylic acids is 1. The van der Waals surface area contributed by atoms with Gasteiger partial charge in [0.15, 0.2) is 6.10 Å². The van der Waals surface area contributed by atoms with Crippen molar-refractivity contribution in [3.05, 3.63) is 29.3 Å². The summed E-state index contributed by atoms with van der Waals surface area (Å²) in [7, 11) is 0. The van der Waals surface area contributed by atoms with E-state index in [1.807, 2.05) is 12.1 Å². The van der Waals surface area contributed by atoms with E-state index >= 15 is 0 Å². The summed E-state index contributed by atoms with van der Waals surface area (Å²) in [6, 6.07) is 6.06. The molecule has 0 aliphatic heterocycles. The Hall–Kier alpha value is -1.51. The van der Waals surface area contributed by atoms with Gasteiger partial charge in [0.2, 0.25) is 0 Å². The first-order valence-corrected chi connectivity index (χ1v) is 6.97. The minimum absolute atomic E-state index is 0.00810. The lowest BCUT2D eigenvalue weighted by Crippen LogP contribution is -2.24. The van der Waals surface area contributed by atoms with Crippen LogP contribution in [-0.2, 0) is 15.6 Å². The van der Waals surface area contributed by atoms with E-state index in [1.165, 1.54) is 0 Å². The van der Waals surface area contributed by atoms with Crippen LogP contribution in [0.15, 0.2) is 18.2 Å². The van der Waals surface area contributed by atoms with Crippen LogP contribution >= 0.6 is 0 Å². The molecule has 0 fully saturated rings. The summed E-state index contributed by atoms with van der Waals surface area (Å²) in [5.41, 5.74) is 2.28. The zero-order valence-electron chi connectivity index (χ0n) is 13.6. The second-order valence-corrected chi connectivity index (χ2v) is 7.34. The first-order chi connectivity index (χ1) is 8.91. The van der Waals surface area contributed by atoms with Gasteiger partial charge >= 0.3 is 5.97 Å². The van der Waals surface area contributed by atoms with Gasteiger partial charge in [0.05, 0.1) is 0 Å². The third-order valence-electron chi connectivity index (χ3n) is 3.30. The Balaban J connectivity index is 3.28. The van der Waals surface area contributed by atoms with Gasteiger partial charge < -0.3 is 9.84 Å². The van der Waals surface area contributed by atoms with Crippen molar-refractivity contribution in [3.63, 3.8) is 0 Å². The summed E-state index contributed by atoms with van der Waals surface area (Å²) >= 11 is 0. The minimum atomic E-state index is -0.955. The van der Waals surface area contributed by atoms with Crippen molar-refractivity contribution in [1.82, 2.24) is 0 Å². The van der Waals surface area contributed by atoms with Crippen molar-refractivity contribution in [2.24, 2.45) is 0 Å². The molecule has 0 amide bonds.